The third kappa shape index (κ3) is 2.32. The van der Waals surface area contributed by atoms with Crippen molar-refractivity contribution in [2.24, 2.45) is 0 Å². The molecule has 1 aliphatic heterocycles. The molecule has 0 unspecified atom stereocenters. The number of H-pyrrole nitrogens is 1. The van der Waals surface area contributed by atoms with Crippen LogP contribution >= 0.6 is 23.2 Å². The number of nitrogens with two attached hydrogens (primary N) is 1. The molecule has 3 aromatic rings. The zero-order chi connectivity index (χ0) is 18.0. The monoisotopic (exact) mass is 389 g/mol. The molecule has 1 amide bonds. The van der Waals surface area contributed by atoms with Crippen LogP contribution in [0.5, 0.6) is 0 Å². The summed E-state index contributed by atoms with van der Waals surface area (Å²) >= 11 is 12.8. The van der Waals surface area contributed by atoms with E-state index in [0.717, 1.165) is 35.9 Å². The number of aromatic amines is 1. The van der Waals surface area contributed by atoms with Gasteiger partial charge in [-0.3, -0.25) is 4.79 Å². The fourth-order valence-electron chi connectivity index (χ4n) is 3.98. The number of anilines is 1. The van der Waals surface area contributed by atoms with Crippen molar-refractivity contribution in [3.63, 3.8) is 0 Å². The van der Waals surface area contributed by atoms with Crippen LogP contribution in [-0.2, 0) is 13.0 Å². The number of hydrogen-bond acceptors (Lipinski definition) is 3. The van der Waals surface area contributed by atoms with Gasteiger partial charge in [0.25, 0.3) is 5.91 Å². The summed E-state index contributed by atoms with van der Waals surface area (Å²) in [4.78, 5) is 21.4. The number of benzene rings is 1. The second-order valence-corrected chi connectivity index (χ2v) is 7.79. The lowest BCUT2D eigenvalue weighted by Crippen LogP contribution is -2.37. The first kappa shape index (κ1) is 16.0. The van der Waals surface area contributed by atoms with Gasteiger partial charge in [-0.25, -0.2) is 4.98 Å². The zero-order valence-electron chi connectivity index (χ0n) is 13.9. The predicted molar refractivity (Wildman–Crippen MR) is 102 cm³/mol. The highest BCUT2D eigenvalue weighted by atomic mass is 35.5. The number of hydrogen-bond donors (Lipinski definition) is 2. The smallest absolute Gasteiger partial charge is 0.274 e. The van der Waals surface area contributed by atoms with E-state index in [0.29, 0.717) is 34.9 Å². The Morgan fingerprint density at radius 2 is 2.12 bits per heavy atom. The summed E-state index contributed by atoms with van der Waals surface area (Å²) in [5, 5.41) is 2.42. The van der Waals surface area contributed by atoms with Gasteiger partial charge >= 0.3 is 0 Å². The molecule has 3 heterocycles. The van der Waals surface area contributed by atoms with Crippen molar-refractivity contribution in [2.45, 2.75) is 31.8 Å². The largest absolute Gasteiger partial charge is 0.382 e. The lowest BCUT2D eigenvalue weighted by atomic mass is 10.0. The Morgan fingerprint density at radius 1 is 1.31 bits per heavy atom. The minimum atomic E-state index is -0.123. The van der Waals surface area contributed by atoms with Gasteiger partial charge in [-0.1, -0.05) is 23.2 Å². The van der Waals surface area contributed by atoms with E-state index in [2.05, 4.69) is 14.5 Å². The van der Waals surface area contributed by atoms with Crippen LogP contribution in [0.1, 0.15) is 40.6 Å². The third-order valence-corrected chi connectivity index (χ3v) is 5.79. The molecule has 6 nitrogen and oxygen atoms in total. The molecule has 26 heavy (non-hydrogen) atoms. The van der Waals surface area contributed by atoms with Crippen LogP contribution < -0.4 is 5.73 Å². The summed E-state index contributed by atoms with van der Waals surface area (Å²) in [6.45, 7) is 1.16. The number of carbonyl (C=O) groups is 1. The first-order valence-corrected chi connectivity index (χ1v) is 9.39. The van der Waals surface area contributed by atoms with Gasteiger partial charge in [-0.05, 0) is 37.0 Å². The van der Waals surface area contributed by atoms with Gasteiger partial charge in [-0.15, -0.1) is 0 Å². The van der Waals surface area contributed by atoms with Crippen LogP contribution in [0.25, 0.3) is 10.9 Å². The highest BCUT2D eigenvalue weighted by molar-refractivity contribution is 6.38. The van der Waals surface area contributed by atoms with Gasteiger partial charge in [0.1, 0.15) is 5.69 Å². The van der Waals surface area contributed by atoms with Gasteiger partial charge in [0.05, 0.1) is 23.4 Å². The Hall–Kier alpha value is -2.18. The number of aromatic nitrogens is 3. The number of amides is 1. The maximum atomic E-state index is 12.8. The molecule has 8 heteroatoms. The fraction of sp³-hybridized carbons (Fsp3) is 0.333. The van der Waals surface area contributed by atoms with E-state index in [9.17, 15) is 4.79 Å². The van der Waals surface area contributed by atoms with E-state index in [4.69, 9.17) is 28.9 Å². The van der Waals surface area contributed by atoms with E-state index in [1.807, 2.05) is 11.0 Å². The van der Waals surface area contributed by atoms with Gasteiger partial charge < -0.3 is 20.2 Å². The molecule has 2 aromatic heterocycles. The third-order valence-electron chi connectivity index (χ3n) is 5.29. The van der Waals surface area contributed by atoms with Gasteiger partial charge in [-0.2, -0.15) is 0 Å². The molecule has 3 N–H and O–H groups in total. The minimum absolute atomic E-state index is 0.123. The maximum Gasteiger partial charge on any atom is 0.274 e. The number of fused-ring (bicyclic) bond motifs is 3. The molecular formula is C18H17Cl2N5O. The summed E-state index contributed by atoms with van der Waals surface area (Å²) in [5.41, 5.74) is 9.60. The van der Waals surface area contributed by atoms with Crippen LogP contribution in [0, 0.1) is 0 Å². The molecule has 5 rings (SSSR count). The second kappa shape index (κ2) is 5.66. The van der Waals surface area contributed by atoms with Gasteiger partial charge in [0, 0.05) is 28.7 Å². The summed E-state index contributed by atoms with van der Waals surface area (Å²) in [7, 11) is 0. The Labute approximate surface area is 159 Å². The Balaban J connectivity index is 1.62. The number of halogens is 2. The van der Waals surface area contributed by atoms with E-state index in [1.54, 1.807) is 6.07 Å². The molecule has 2 aliphatic rings. The molecule has 1 aromatic carbocycles. The number of imidazole rings is 1. The van der Waals surface area contributed by atoms with Crippen molar-refractivity contribution in [3.05, 3.63) is 45.5 Å². The van der Waals surface area contributed by atoms with Crippen molar-refractivity contribution in [2.75, 3.05) is 12.3 Å². The first-order chi connectivity index (χ1) is 12.5. The highest BCUT2D eigenvalue weighted by Gasteiger charge is 2.34. The molecule has 0 radical (unpaired) electrons. The molecule has 1 aliphatic carbocycles. The first-order valence-electron chi connectivity index (χ1n) is 8.63. The fourth-order valence-corrected chi connectivity index (χ4v) is 4.56. The van der Waals surface area contributed by atoms with E-state index < -0.39 is 0 Å². The van der Waals surface area contributed by atoms with E-state index >= 15 is 0 Å². The average Bonchev–Trinajstić information content (AvgIpc) is 3.28. The lowest BCUT2D eigenvalue weighted by Gasteiger charge is -2.28. The molecule has 1 saturated carbocycles. The molecule has 0 bridgehead atoms. The number of nitrogen functional groups attached to an aromatic ring is 1. The van der Waals surface area contributed by atoms with Crippen molar-refractivity contribution in [1.82, 2.24) is 19.4 Å². The number of carbonyl (C=O) groups excluding carboxylic acids is 1. The zero-order valence-corrected chi connectivity index (χ0v) is 15.4. The number of nitrogens with zero attached hydrogens (tertiary/aromatic N) is 3. The topological polar surface area (TPSA) is 79.9 Å². The maximum absolute atomic E-state index is 12.8. The summed E-state index contributed by atoms with van der Waals surface area (Å²) in [6.07, 6.45) is 4.48. The molecule has 134 valence electrons. The highest BCUT2D eigenvalue weighted by Crippen LogP contribution is 2.45. The molecule has 0 atom stereocenters. The lowest BCUT2D eigenvalue weighted by molar-refractivity contribution is 0.0726. The standard InChI is InChI=1S/C18H17Cl2N5O/c19-9-5-12-11-3-4-24(18(26)15-17(21)23-8-22-15)7-14(11)25(10-1-2-10)16(12)13(20)6-9/h5-6,8,10H,1-4,7,21H2,(H,22,23). The van der Waals surface area contributed by atoms with Crippen LogP contribution in [0.4, 0.5) is 5.82 Å². The van der Waals surface area contributed by atoms with Gasteiger partial charge in [0.15, 0.2) is 5.82 Å². The number of rotatable bonds is 2. The van der Waals surface area contributed by atoms with Crippen molar-refractivity contribution < 1.29 is 4.79 Å². The van der Waals surface area contributed by atoms with Crippen LogP contribution in [0.15, 0.2) is 18.5 Å². The van der Waals surface area contributed by atoms with Gasteiger partial charge in [0.2, 0.25) is 0 Å². The van der Waals surface area contributed by atoms with Crippen LogP contribution in [0.2, 0.25) is 10.0 Å². The molecule has 1 fully saturated rings. The van der Waals surface area contributed by atoms with Crippen LogP contribution in [-0.4, -0.2) is 31.9 Å². The molecule has 0 spiro atoms. The summed E-state index contributed by atoms with van der Waals surface area (Å²) in [6, 6.07) is 4.24. The molecular weight excluding hydrogens is 373 g/mol. The van der Waals surface area contributed by atoms with Crippen molar-refractivity contribution in [1.29, 1.82) is 0 Å². The summed E-state index contributed by atoms with van der Waals surface area (Å²) in [5.74, 6) is 0.112. The SMILES string of the molecule is Nc1nc[nH]c1C(=O)N1CCc2c(n(C3CC3)c3c(Cl)cc(Cl)cc23)C1. The van der Waals surface area contributed by atoms with Crippen molar-refractivity contribution >= 4 is 45.8 Å². The Kier molecular flexibility index (Phi) is 3.49. The minimum Gasteiger partial charge on any atom is -0.382 e. The molecule has 0 saturated heterocycles. The second-order valence-electron chi connectivity index (χ2n) is 6.95. The Morgan fingerprint density at radius 3 is 2.81 bits per heavy atom. The Bertz CT molecular complexity index is 1050. The van der Waals surface area contributed by atoms with E-state index in [1.165, 1.54) is 11.9 Å². The quantitative estimate of drug-likeness (QED) is 0.699. The normalized spacial score (nSPS) is 16.9. The number of nitrogens with one attached hydrogen (secondary N) is 1. The van der Waals surface area contributed by atoms with Crippen LogP contribution in [0.3, 0.4) is 0 Å². The average molecular weight is 390 g/mol. The predicted octanol–water partition coefficient (Wildman–Crippen LogP) is 3.79. The van der Waals surface area contributed by atoms with E-state index in [-0.39, 0.29) is 11.7 Å². The summed E-state index contributed by atoms with van der Waals surface area (Å²) < 4.78 is 2.32. The van der Waals surface area contributed by atoms with Crippen molar-refractivity contribution in [3.8, 4) is 0 Å².